The molecular formula is C15H12BrFO. The van der Waals surface area contributed by atoms with Crippen molar-refractivity contribution in [2.45, 2.75) is 0 Å². The van der Waals surface area contributed by atoms with Crippen LogP contribution in [0.2, 0.25) is 0 Å². The first kappa shape index (κ1) is 12.8. The summed E-state index contributed by atoms with van der Waals surface area (Å²) in [4.78, 5) is 0. The molecule has 2 aromatic rings. The van der Waals surface area contributed by atoms with Crippen LogP contribution in [0.15, 0.2) is 59.1 Å². The quantitative estimate of drug-likeness (QED) is 0.797. The lowest BCUT2D eigenvalue weighted by Gasteiger charge is -2.03. The predicted molar refractivity (Wildman–Crippen MR) is 75.1 cm³/mol. The molecule has 2 aromatic carbocycles. The van der Waals surface area contributed by atoms with Gasteiger partial charge in [-0.05, 0) is 39.7 Å². The van der Waals surface area contributed by atoms with E-state index in [0.717, 1.165) is 5.56 Å². The molecule has 0 atom stereocenters. The zero-order chi connectivity index (χ0) is 12.8. The van der Waals surface area contributed by atoms with E-state index in [4.69, 9.17) is 4.74 Å². The van der Waals surface area contributed by atoms with Gasteiger partial charge in [-0.1, -0.05) is 36.4 Å². The lowest BCUT2D eigenvalue weighted by atomic mass is 10.2. The number of hydrogen-bond donors (Lipinski definition) is 0. The maximum atomic E-state index is 13.2. The van der Waals surface area contributed by atoms with E-state index in [1.54, 1.807) is 12.1 Å². The second kappa shape index (κ2) is 6.36. The third-order valence-corrected chi connectivity index (χ3v) is 2.99. The van der Waals surface area contributed by atoms with E-state index in [-0.39, 0.29) is 5.82 Å². The number of rotatable bonds is 4. The molecule has 0 saturated carbocycles. The fraction of sp³-hybridized carbons (Fsp3) is 0.0667. The number of halogens is 2. The molecule has 0 N–H and O–H groups in total. The van der Waals surface area contributed by atoms with E-state index in [9.17, 15) is 4.39 Å². The molecule has 0 spiro atoms. The van der Waals surface area contributed by atoms with Gasteiger partial charge in [-0.3, -0.25) is 0 Å². The molecule has 0 aromatic heterocycles. The van der Waals surface area contributed by atoms with Gasteiger partial charge in [0.1, 0.15) is 18.2 Å². The Balaban J connectivity index is 1.89. The average molecular weight is 307 g/mol. The van der Waals surface area contributed by atoms with Crippen LogP contribution in [-0.4, -0.2) is 6.61 Å². The molecule has 0 fully saturated rings. The second-order valence-electron chi connectivity index (χ2n) is 3.70. The van der Waals surface area contributed by atoms with Gasteiger partial charge in [0.25, 0.3) is 0 Å². The van der Waals surface area contributed by atoms with Crippen LogP contribution in [0.25, 0.3) is 6.08 Å². The highest BCUT2D eigenvalue weighted by Gasteiger charge is 2.00. The lowest BCUT2D eigenvalue weighted by Crippen LogP contribution is -1.93. The fourth-order valence-electron chi connectivity index (χ4n) is 1.46. The third kappa shape index (κ3) is 3.70. The minimum absolute atomic E-state index is 0.320. The SMILES string of the molecule is Fc1cc(OC/C=C/c2ccccc2)ccc1Br. The summed E-state index contributed by atoms with van der Waals surface area (Å²) in [6, 6.07) is 14.7. The van der Waals surface area contributed by atoms with Crippen LogP contribution in [0.1, 0.15) is 5.56 Å². The van der Waals surface area contributed by atoms with E-state index >= 15 is 0 Å². The monoisotopic (exact) mass is 306 g/mol. The molecule has 3 heteroatoms. The Morgan fingerprint density at radius 1 is 1.11 bits per heavy atom. The van der Waals surface area contributed by atoms with Crippen molar-refractivity contribution in [1.29, 1.82) is 0 Å². The van der Waals surface area contributed by atoms with Crippen molar-refractivity contribution in [3.63, 3.8) is 0 Å². The Morgan fingerprint density at radius 2 is 1.89 bits per heavy atom. The second-order valence-corrected chi connectivity index (χ2v) is 4.55. The lowest BCUT2D eigenvalue weighted by molar-refractivity contribution is 0.361. The third-order valence-electron chi connectivity index (χ3n) is 2.35. The molecule has 0 radical (unpaired) electrons. The first-order chi connectivity index (χ1) is 8.75. The van der Waals surface area contributed by atoms with Gasteiger partial charge >= 0.3 is 0 Å². The molecule has 0 heterocycles. The predicted octanol–water partition coefficient (Wildman–Crippen LogP) is 4.68. The van der Waals surface area contributed by atoms with Gasteiger partial charge in [0.15, 0.2) is 0 Å². The van der Waals surface area contributed by atoms with Gasteiger partial charge in [0.05, 0.1) is 4.47 Å². The summed E-state index contributed by atoms with van der Waals surface area (Å²) in [6.07, 6.45) is 3.87. The Kier molecular flexibility index (Phi) is 4.53. The molecule has 0 aliphatic rings. The molecule has 0 aliphatic heterocycles. The molecule has 1 nitrogen and oxygen atoms in total. The van der Waals surface area contributed by atoms with Gasteiger partial charge in [-0.25, -0.2) is 4.39 Å². The zero-order valence-corrected chi connectivity index (χ0v) is 11.2. The Labute approximate surface area is 114 Å². The van der Waals surface area contributed by atoms with Crippen molar-refractivity contribution in [1.82, 2.24) is 0 Å². The topological polar surface area (TPSA) is 9.23 Å². The maximum Gasteiger partial charge on any atom is 0.141 e. The largest absolute Gasteiger partial charge is 0.489 e. The number of ether oxygens (including phenoxy) is 1. The highest BCUT2D eigenvalue weighted by molar-refractivity contribution is 9.10. The van der Waals surface area contributed by atoms with Crippen molar-refractivity contribution in [2.24, 2.45) is 0 Å². The van der Waals surface area contributed by atoms with Crippen molar-refractivity contribution < 1.29 is 9.13 Å². The summed E-state index contributed by atoms with van der Waals surface area (Å²) in [6.45, 7) is 0.413. The molecular weight excluding hydrogens is 295 g/mol. The average Bonchev–Trinajstić information content (AvgIpc) is 2.40. The smallest absolute Gasteiger partial charge is 0.141 e. The molecule has 2 rings (SSSR count). The molecule has 0 bridgehead atoms. The van der Waals surface area contributed by atoms with Crippen LogP contribution >= 0.6 is 15.9 Å². The highest BCUT2D eigenvalue weighted by Crippen LogP contribution is 2.20. The summed E-state index contributed by atoms with van der Waals surface area (Å²) in [5, 5.41) is 0. The first-order valence-corrected chi connectivity index (χ1v) is 6.34. The summed E-state index contributed by atoms with van der Waals surface area (Å²) in [5.74, 6) is 0.202. The fourth-order valence-corrected chi connectivity index (χ4v) is 1.71. The van der Waals surface area contributed by atoms with Gasteiger partial charge < -0.3 is 4.74 Å². The molecule has 18 heavy (non-hydrogen) atoms. The Hall–Kier alpha value is -1.61. The standard InChI is InChI=1S/C15H12BrFO/c16-14-9-8-13(11-15(14)17)18-10-4-7-12-5-2-1-3-6-12/h1-9,11H,10H2/b7-4+. The molecule has 0 saturated heterocycles. The van der Waals surface area contributed by atoms with Crippen LogP contribution in [0, 0.1) is 5.82 Å². The Bertz CT molecular complexity index is 537. The van der Waals surface area contributed by atoms with Gasteiger partial charge in [-0.15, -0.1) is 0 Å². The summed E-state index contributed by atoms with van der Waals surface area (Å²) >= 11 is 3.10. The molecule has 0 amide bonds. The number of hydrogen-bond acceptors (Lipinski definition) is 1. The zero-order valence-electron chi connectivity index (χ0n) is 9.64. The molecule has 92 valence electrons. The number of benzene rings is 2. The van der Waals surface area contributed by atoms with E-state index in [1.807, 2.05) is 42.5 Å². The van der Waals surface area contributed by atoms with Gasteiger partial charge in [0.2, 0.25) is 0 Å². The van der Waals surface area contributed by atoms with Crippen molar-refractivity contribution in [3.8, 4) is 5.75 Å². The summed E-state index contributed by atoms with van der Waals surface area (Å²) in [7, 11) is 0. The maximum absolute atomic E-state index is 13.2. The summed E-state index contributed by atoms with van der Waals surface area (Å²) in [5.41, 5.74) is 1.11. The minimum atomic E-state index is -0.320. The molecule has 0 unspecified atom stereocenters. The Morgan fingerprint density at radius 3 is 2.61 bits per heavy atom. The van der Waals surface area contributed by atoms with Crippen LogP contribution in [0.4, 0.5) is 4.39 Å². The first-order valence-electron chi connectivity index (χ1n) is 5.55. The van der Waals surface area contributed by atoms with E-state index in [2.05, 4.69) is 15.9 Å². The minimum Gasteiger partial charge on any atom is -0.489 e. The highest BCUT2D eigenvalue weighted by atomic mass is 79.9. The van der Waals surface area contributed by atoms with Crippen LogP contribution in [0.3, 0.4) is 0 Å². The van der Waals surface area contributed by atoms with Gasteiger partial charge in [-0.2, -0.15) is 0 Å². The summed E-state index contributed by atoms with van der Waals surface area (Å²) < 4.78 is 19.1. The van der Waals surface area contributed by atoms with E-state index in [0.29, 0.717) is 16.8 Å². The van der Waals surface area contributed by atoms with Crippen LogP contribution in [0.5, 0.6) is 5.75 Å². The molecule has 0 aliphatic carbocycles. The van der Waals surface area contributed by atoms with Crippen molar-refractivity contribution >= 4 is 22.0 Å². The van der Waals surface area contributed by atoms with E-state index in [1.165, 1.54) is 6.07 Å². The van der Waals surface area contributed by atoms with Crippen molar-refractivity contribution in [3.05, 3.63) is 70.5 Å². The van der Waals surface area contributed by atoms with Gasteiger partial charge in [0, 0.05) is 6.07 Å². The normalized spacial score (nSPS) is 10.8. The van der Waals surface area contributed by atoms with Crippen LogP contribution < -0.4 is 4.74 Å². The van der Waals surface area contributed by atoms with Crippen LogP contribution in [-0.2, 0) is 0 Å². The van der Waals surface area contributed by atoms with E-state index < -0.39 is 0 Å². The van der Waals surface area contributed by atoms with Crippen molar-refractivity contribution in [2.75, 3.05) is 6.61 Å².